The number of aryl methyl sites for hydroxylation is 1. The zero-order valence-corrected chi connectivity index (χ0v) is 14.3. The summed E-state index contributed by atoms with van der Waals surface area (Å²) in [5.41, 5.74) is 1.06. The van der Waals surface area contributed by atoms with Gasteiger partial charge in [-0.05, 0) is 32.6 Å². The zero-order chi connectivity index (χ0) is 16.0. The Hall–Kier alpha value is -1.43. The third kappa shape index (κ3) is 3.01. The van der Waals surface area contributed by atoms with Crippen LogP contribution in [-0.4, -0.2) is 52.3 Å². The summed E-state index contributed by atoms with van der Waals surface area (Å²) >= 11 is 1.70. The number of rotatable bonds is 3. The van der Waals surface area contributed by atoms with Crippen LogP contribution in [0.1, 0.15) is 48.7 Å². The highest BCUT2D eigenvalue weighted by Gasteiger charge is 2.43. The van der Waals surface area contributed by atoms with E-state index >= 15 is 0 Å². The van der Waals surface area contributed by atoms with E-state index in [1.165, 1.54) is 0 Å². The minimum absolute atomic E-state index is 0.125. The fourth-order valence-electron chi connectivity index (χ4n) is 3.83. The maximum absolute atomic E-state index is 12.8. The highest BCUT2D eigenvalue weighted by molar-refractivity contribution is 7.09. The zero-order valence-electron chi connectivity index (χ0n) is 13.5. The second-order valence-corrected chi connectivity index (χ2v) is 8.02. The molecule has 0 spiro atoms. The van der Waals surface area contributed by atoms with E-state index in [0.29, 0.717) is 24.9 Å². The first kappa shape index (κ1) is 15.1. The van der Waals surface area contributed by atoms with Gasteiger partial charge in [0.2, 0.25) is 11.8 Å². The fraction of sp³-hybridized carbons (Fsp3) is 0.706. The lowest BCUT2D eigenvalue weighted by Crippen LogP contribution is -2.43. The van der Waals surface area contributed by atoms with Crippen LogP contribution in [-0.2, 0) is 9.59 Å². The predicted molar refractivity (Wildman–Crippen MR) is 88.2 cm³/mol. The summed E-state index contributed by atoms with van der Waals surface area (Å²) in [4.78, 5) is 33.5. The third-order valence-electron chi connectivity index (χ3n) is 5.21. The van der Waals surface area contributed by atoms with Gasteiger partial charge in [0, 0.05) is 49.1 Å². The molecule has 1 aliphatic carbocycles. The number of nitrogens with zero attached hydrogens (tertiary/aromatic N) is 3. The Balaban J connectivity index is 1.41. The number of hydrogen-bond acceptors (Lipinski definition) is 4. The number of likely N-dealkylation sites (tertiary alicyclic amines) is 2. The van der Waals surface area contributed by atoms with Gasteiger partial charge in [0.05, 0.1) is 10.9 Å². The molecule has 2 atom stereocenters. The second-order valence-electron chi connectivity index (χ2n) is 7.13. The summed E-state index contributed by atoms with van der Waals surface area (Å²) in [6.45, 7) is 4.25. The smallest absolute Gasteiger partial charge is 0.228 e. The van der Waals surface area contributed by atoms with Crippen molar-refractivity contribution in [3.63, 3.8) is 0 Å². The lowest BCUT2D eigenvalue weighted by Gasteiger charge is -2.33. The molecule has 1 aromatic heterocycles. The van der Waals surface area contributed by atoms with Crippen molar-refractivity contribution >= 4 is 23.2 Å². The van der Waals surface area contributed by atoms with Crippen molar-refractivity contribution in [2.75, 3.05) is 19.6 Å². The predicted octanol–water partition coefficient (Wildman–Crippen LogP) is 2.17. The Kier molecular flexibility index (Phi) is 3.87. The van der Waals surface area contributed by atoms with Crippen LogP contribution in [0.4, 0.5) is 0 Å². The molecule has 1 aromatic rings. The average molecular weight is 333 g/mol. The van der Waals surface area contributed by atoms with Gasteiger partial charge in [-0.15, -0.1) is 11.3 Å². The lowest BCUT2D eigenvalue weighted by atomic mass is 9.96. The van der Waals surface area contributed by atoms with Crippen LogP contribution in [0.3, 0.4) is 0 Å². The Morgan fingerprint density at radius 1 is 1.30 bits per heavy atom. The fourth-order valence-corrected chi connectivity index (χ4v) is 4.76. The normalized spacial score (nSPS) is 28.5. The van der Waals surface area contributed by atoms with Crippen molar-refractivity contribution in [3.05, 3.63) is 16.1 Å². The molecule has 0 aromatic carbocycles. The van der Waals surface area contributed by atoms with Crippen LogP contribution in [0.2, 0.25) is 0 Å². The van der Waals surface area contributed by atoms with Gasteiger partial charge in [-0.25, -0.2) is 4.98 Å². The molecule has 0 bridgehead atoms. The van der Waals surface area contributed by atoms with Gasteiger partial charge in [-0.3, -0.25) is 9.59 Å². The molecule has 2 amide bonds. The van der Waals surface area contributed by atoms with E-state index in [2.05, 4.69) is 10.4 Å². The number of amides is 2. The van der Waals surface area contributed by atoms with Crippen LogP contribution in [0.5, 0.6) is 0 Å². The van der Waals surface area contributed by atoms with Crippen molar-refractivity contribution in [3.8, 4) is 0 Å². The number of hydrogen-bond donors (Lipinski definition) is 0. The van der Waals surface area contributed by atoms with Crippen molar-refractivity contribution in [2.45, 2.75) is 51.0 Å². The standard InChI is InChI=1S/C17H23N3O2S/c1-11-10-23-16(18-11)12-3-2-6-19(8-12)17(22)13-7-15(21)20(9-13)14-4-5-14/h10,12-14H,2-9H2,1H3. The molecule has 3 fully saturated rings. The van der Waals surface area contributed by atoms with E-state index in [0.717, 1.165) is 49.5 Å². The summed E-state index contributed by atoms with van der Waals surface area (Å²) in [6, 6.07) is 0.424. The molecular weight excluding hydrogens is 310 g/mol. The average Bonchev–Trinajstić information content (AvgIpc) is 3.19. The summed E-state index contributed by atoms with van der Waals surface area (Å²) in [7, 11) is 0. The molecule has 6 heteroatoms. The first-order valence-corrected chi connectivity index (χ1v) is 9.50. The van der Waals surface area contributed by atoms with Crippen LogP contribution >= 0.6 is 11.3 Å². The molecule has 3 heterocycles. The van der Waals surface area contributed by atoms with Gasteiger partial charge in [0.15, 0.2) is 0 Å². The third-order valence-corrected chi connectivity index (χ3v) is 6.34. The topological polar surface area (TPSA) is 53.5 Å². The minimum Gasteiger partial charge on any atom is -0.342 e. The van der Waals surface area contributed by atoms with E-state index in [1.807, 2.05) is 16.7 Å². The minimum atomic E-state index is -0.125. The molecule has 1 saturated carbocycles. The van der Waals surface area contributed by atoms with Gasteiger partial charge in [0.1, 0.15) is 0 Å². The first-order chi connectivity index (χ1) is 11.1. The molecule has 5 nitrogen and oxygen atoms in total. The number of piperidine rings is 1. The van der Waals surface area contributed by atoms with E-state index in [4.69, 9.17) is 0 Å². The molecule has 3 aliphatic rings. The number of aromatic nitrogens is 1. The van der Waals surface area contributed by atoms with Crippen molar-refractivity contribution < 1.29 is 9.59 Å². The van der Waals surface area contributed by atoms with Crippen LogP contribution in [0.25, 0.3) is 0 Å². The molecule has 0 radical (unpaired) electrons. The molecule has 124 valence electrons. The molecule has 2 aliphatic heterocycles. The molecule has 2 unspecified atom stereocenters. The van der Waals surface area contributed by atoms with Crippen LogP contribution < -0.4 is 0 Å². The van der Waals surface area contributed by atoms with Gasteiger partial charge in [-0.2, -0.15) is 0 Å². The molecular formula is C17H23N3O2S. The van der Waals surface area contributed by atoms with E-state index < -0.39 is 0 Å². The molecule has 0 N–H and O–H groups in total. The maximum Gasteiger partial charge on any atom is 0.228 e. The Labute approximate surface area is 140 Å². The van der Waals surface area contributed by atoms with E-state index in [-0.39, 0.29) is 17.7 Å². The Bertz CT molecular complexity index is 625. The summed E-state index contributed by atoms with van der Waals surface area (Å²) in [6.07, 6.45) is 4.77. The Morgan fingerprint density at radius 2 is 2.13 bits per heavy atom. The van der Waals surface area contributed by atoms with Crippen molar-refractivity contribution in [2.24, 2.45) is 5.92 Å². The Morgan fingerprint density at radius 3 is 2.83 bits per heavy atom. The number of carbonyl (C=O) groups is 2. The number of thiazole rings is 1. The van der Waals surface area contributed by atoms with Crippen LogP contribution in [0.15, 0.2) is 5.38 Å². The quantitative estimate of drug-likeness (QED) is 0.852. The highest BCUT2D eigenvalue weighted by atomic mass is 32.1. The second kappa shape index (κ2) is 5.89. The monoisotopic (exact) mass is 333 g/mol. The van der Waals surface area contributed by atoms with Gasteiger partial charge >= 0.3 is 0 Å². The highest BCUT2D eigenvalue weighted by Crippen LogP contribution is 2.35. The SMILES string of the molecule is Cc1csc(C2CCCN(C(=O)C3CC(=O)N(C4CC4)C3)C2)n1. The largest absolute Gasteiger partial charge is 0.342 e. The van der Waals surface area contributed by atoms with Gasteiger partial charge in [-0.1, -0.05) is 0 Å². The van der Waals surface area contributed by atoms with Gasteiger partial charge < -0.3 is 9.80 Å². The molecule has 4 rings (SSSR count). The summed E-state index contributed by atoms with van der Waals surface area (Å²) in [5, 5.41) is 3.24. The summed E-state index contributed by atoms with van der Waals surface area (Å²) in [5.74, 6) is 0.595. The molecule has 2 saturated heterocycles. The van der Waals surface area contributed by atoms with E-state index in [1.54, 1.807) is 11.3 Å². The van der Waals surface area contributed by atoms with Crippen molar-refractivity contribution in [1.82, 2.24) is 14.8 Å². The van der Waals surface area contributed by atoms with Crippen LogP contribution in [0, 0.1) is 12.8 Å². The van der Waals surface area contributed by atoms with Gasteiger partial charge in [0.25, 0.3) is 0 Å². The first-order valence-electron chi connectivity index (χ1n) is 8.62. The molecule has 23 heavy (non-hydrogen) atoms. The maximum atomic E-state index is 12.8. The number of carbonyl (C=O) groups excluding carboxylic acids is 2. The van der Waals surface area contributed by atoms with Crippen molar-refractivity contribution in [1.29, 1.82) is 0 Å². The lowest BCUT2D eigenvalue weighted by molar-refractivity contribution is -0.137. The summed E-state index contributed by atoms with van der Waals surface area (Å²) < 4.78 is 0. The van der Waals surface area contributed by atoms with E-state index in [9.17, 15) is 9.59 Å².